The van der Waals surface area contributed by atoms with E-state index in [1.54, 1.807) is 0 Å². The molecule has 0 aliphatic heterocycles. The van der Waals surface area contributed by atoms with Crippen molar-refractivity contribution in [2.75, 3.05) is 0 Å². The zero-order valence-corrected chi connectivity index (χ0v) is 13.0. The summed E-state index contributed by atoms with van der Waals surface area (Å²) in [6.45, 7) is 2.35. The van der Waals surface area contributed by atoms with Gasteiger partial charge in [0, 0.05) is 4.83 Å². The summed E-state index contributed by atoms with van der Waals surface area (Å²) in [5.74, 6) is 1.99. The predicted molar refractivity (Wildman–Crippen MR) is 83.1 cm³/mol. The van der Waals surface area contributed by atoms with Crippen LogP contribution in [0.5, 0.6) is 0 Å². The number of hydrogen-bond donors (Lipinski definition) is 0. The normalized spacial score (nSPS) is 25.9. The van der Waals surface area contributed by atoms with Crippen LogP contribution in [-0.4, -0.2) is 0 Å². The highest BCUT2D eigenvalue weighted by molar-refractivity contribution is 9.09. The molecule has 3 unspecified atom stereocenters. The van der Waals surface area contributed by atoms with Crippen LogP contribution in [0.4, 0.5) is 0 Å². The summed E-state index contributed by atoms with van der Waals surface area (Å²) >= 11 is 3.84. The van der Waals surface area contributed by atoms with E-state index in [2.05, 4.69) is 53.2 Å². The van der Waals surface area contributed by atoms with Crippen LogP contribution in [0.2, 0.25) is 0 Å². The third kappa shape index (κ3) is 4.12. The summed E-state index contributed by atoms with van der Waals surface area (Å²) in [7, 11) is 0. The number of rotatable bonds is 5. The lowest BCUT2D eigenvalue weighted by atomic mass is 9.78. The van der Waals surface area contributed by atoms with Gasteiger partial charge < -0.3 is 0 Å². The first kappa shape index (κ1) is 14.1. The zero-order valence-electron chi connectivity index (χ0n) is 11.4. The number of alkyl halides is 1. The number of benzene rings is 1. The molecule has 1 aliphatic carbocycles. The summed E-state index contributed by atoms with van der Waals surface area (Å²) in [6, 6.07) is 10.8. The van der Waals surface area contributed by atoms with Crippen molar-refractivity contribution in [2.45, 2.75) is 56.7 Å². The summed E-state index contributed by atoms with van der Waals surface area (Å²) in [4.78, 5) is 0.542. The molecule has 1 aliphatic rings. The van der Waals surface area contributed by atoms with Gasteiger partial charge in [0.1, 0.15) is 0 Å². The second-order valence-corrected chi connectivity index (χ2v) is 6.87. The van der Waals surface area contributed by atoms with E-state index in [4.69, 9.17) is 0 Å². The fraction of sp³-hybridized carbons (Fsp3) is 0.647. The monoisotopic (exact) mass is 308 g/mol. The van der Waals surface area contributed by atoms with E-state index in [-0.39, 0.29) is 0 Å². The maximum atomic E-state index is 3.84. The minimum absolute atomic E-state index is 0.542. The van der Waals surface area contributed by atoms with Gasteiger partial charge in [0.05, 0.1) is 0 Å². The van der Waals surface area contributed by atoms with Crippen LogP contribution in [0.3, 0.4) is 0 Å². The summed E-state index contributed by atoms with van der Waals surface area (Å²) in [5, 5.41) is 0. The summed E-state index contributed by atoms with van der Waals surface area (Å²) in [6.07, 6.45) is 9.93. The van der Waals surface area contributed by atoms with E-state index < -0.39 is 0 Å². The molecule has 18 heavy (non-hydrogen) atoms. The molecule has 1 aromatic rings. The van der Waals surface area contributed by atoms with Crippen molar-refractivity contribution in [3.63, 3.8) is 0 Å². The molecule has 0 spiro atoms. The van der Waals surface area contributed by atoms with Gasteiger partial charge in [-0.3, -0.25) is 0 Å². The third-order valence-corrected chi connectivity index (χ3v) is 5.44. The predicted octanol–water partition coefficient (Wildman–Crippen LogP) is 6.12. The summed E-state index contributed by atoms with van der Waals surface area (Å²) in [5.41, 5.74) is 1.43. The second kappa shape index (κ2) is 7.33. The Labute approximate surface area is 120 Å². The Balaban J connectivity index is 1.77. The molecule has 0 aromatic heterocycles. The van der Waals surface area contributed by atoms with Gasteiger partial charge in [-0.25, -0.2) is 0 Å². The van der Waals surface area contributed by atoms with E-state index >= 15 is 0 Å². The third-order valence-electron chi connectivity index (χ3n) is 4.46. The Kier molecular flexibility index (Phi) is 5.75. The van der Waals surface area contributed by atoms with Crippen molar-refractivity contribution < 1.29 is 0 Å². The van der Waals surface area contributed by atoms with E-state index in [9.17, 15) is 0 Å². The molecular weight excluding hydrogens is 284 g/mol. The van der Waals surface area contributed by atoms with Crippen LogP contribution in [0.1, 0.15) is 62.3 Å². The van der Waals surface area contributed by atoms with Crippen LogP contribution < -0.4 is 0 Å². The Morgan fingerprint density at radius 2 is 1.89 bits per heavy atom. The van der Waals surface area contributed by atoms with Crippen molar-refractivity contribution in [1.82, 2.24) is 0 Å². The van der Waals surface area contributed by atoms with Gasteiger partial charge in [0.2, 0.25) is 0 Å². The molecule has 1 fully saturated rings. The standard InChI is InChI=1S/C17H25Br/c1-2-14-7-6-8-15(13-14)11-12-17(18)16-9-4-3-5-10-16/h3-5,9-10,14-15,17H,2,6-8,11-13H2,1H3. The molecule has 0 heterocycles. The second-order valence-electron chi connectivity index (χ2n) is 5.76. The molecule has 2 rings (SSSR count). The van der Waals surface area contributed by atoms with Gasteiger partial charge in [-0.05, 0) is 36.7 Å². The Morgan fingerprint density at radius 3 is 2.61 bits per heavy atom. The molecule has 0 N–H and O–H groups in total. The van der Waals surface area contributed by atoms with Gasteiger partial charge in [-0.2, -0.15) is 0 Å². The minimum atomic E-state index is 0.542. The molecule has 0 nitrogen and oxygen atoms in total. The first-order valence-electron chi connectivity index (χ1n) is 7.48. The van der Waals surface area contributed by atoms with Gasteiger partial charge in [0.15, 0.2) is 0 Å². The molecule has 0 saturated heterocycles. The van der Waals surface area contributed by atoms with Gasteiger partial charge in [-0.1, -0.05) is 78.9 Å². The van der Waals surface area contributed by atoms with Crippen LogP contribution in [-0.2, 0) is 0 Å². The fourth-order valence-electron chi connectivity index (χ4n) is 3.25. The Bertz CT molecular complexity index is 333. The molecule has 3 atom stereocenters. The molecule has 0 bridgehead atoms. The number of halogens is 1. The maximum Gasteiger partial charge on any atom is 0.0395 e. The maximum absolute atomic E-state index is 3.84. The van der Waals surface area contributed by atoms with E-state index in [1.165, 1.54) is 50.5 Å². The first-order chi connectivity index (χ1) is 8.79. The molecule has 1 heteroatoms. The average molecular weight is 309 g/mol. The van der Waals surface area contributed by atoms with Crippen LogP contribution in [0.15, 0.2) is 30.3 Å². The molecular formula is C17H25Br. The molecule has 0 amide bonds. The Hall–Kier alpha value is -0.300. The van der Waals surface area contributed by atoms with Crippen LogP contribution in [0, 0.1) is 11.8 Å². The quantitative estimate of drug-likeness (QED) is 0.575. The molecule has 0 radical (unpaired) electrons. The highest BCUT2D eigenvalue weighted by atomic mass is 79.9. The van der Waals surface area contributed by atoms with E-state index in [0.29, 0.717) is 4.83 Å². The van der Waals surface area contributed by atoms with Crippen molar-refractivity contribution in [3.8, 4) is 0 Å². The van der Waals surface area contributed by atoms with Crippen molar-refractivity contribution in [3.05, 3.63) is 35.9 Å². The fourth-order valence-corrected chi connectivity index (χ4v) is 3.82. The van der Waals surface area contributed by atoms with Gasteiger partial charge >= 0.3 is 0 Å². The zero-order chi connectivity index (χ0) is 12.8. The molecule has 1 aromatic carbocycles. The van der Waals surface area contributed by atoms with Crippen molar-refractivity contribution in [2.24, 2.45) is 11.8 Å². The molecule has 100 valence electrons. The Morgan fingerprint density at radius 1 is 1.17 bits per heavy atom. The van der Waals surface area contributed by atoms with Crippen molar-refractivity contribution >= 4 is 15.9 Å². The van der Waals surface area contributed by atoms with Crippen molar-refractivity contribution in [1.29, 1.82) is 0 Å². The summed E-state index contributed by atoms with van der Waals surface area (Å²) < 4.78 is 0. The average Bonchev–Trinajstić information content (AvgIpc) is 2.46. The lowest BCUT2D eigenvalue weighted by Crippen LogP contribution is -2.15. The van der Waals surface area contributed by atoms with E-state index in [1.807, 2.05) is 0 Å². The van der Waals surface area contributed by atoms with Gasteiger partial charge in [-0.15, -0.1) is 0 Å². The topological polar surface area (TPSA) is 0 Å². The van der Waals surface area contributed by atoms with Gasteiger partial charge in [0.25, 0.3) is 0 Å². The minimum Gasteiger partial charge on any atom is -0.0839 e. The highest BCUT2D eigenvalue weighted by Crippen LogP contribution is 2.36. The lowest BCUT2D eigenvalue weighted by molar-refractivity contribution is 0.246. The largest absolute Gasteiger partial charge is 0.0839 e. The SMILES string of the molecule is CCC1CCCC(CCC(Br)c2ccccc2)C1. The van der Waals surface area contributed by atoms with Crippen LogP contribution in [0.25, 0.3) is 0 Å². The van der Waals surface area contributed by atoms with E-state index in [0.717, 1.165) is 11.8 Å². The smallest absolute Gasteiger partial charge is 0.0395 e. The molecule has 1 saturated carbocycles. The highest BCUT2D eigenvalue weighted by Gasteiger charge is 2.21. The number of hydrogen-bond acceptors (Lipinski definition) is 0. The first-order valence-corrected chi connectivity index (χ1v) is 8.40. The van der Waals surface area contributed by atoms with Crippen LogP contribution >= 0.6 is 15.9 Å². The lowest BCUT2D eigenvalue weighted by Gasteiger charge is -2.29.